The van der Waals surface area contributed by atoms with Crippen molar-refractivity contribution in [3.05, 3.63) is 24.0 Å². The molecular formula is C15H25N5O. The minimum Gasteiger partial charge on any atom is -0.490 e. The molecule has 2 rings (SSSR count). The van der Waals surface area contributed by atoms with Gasteiger partial charge in [-0.05, 0) is 26.6 Å². The van der Waals surface area contributed by atoms with Crippen LogP contribution in [0.1, 0.15) is 12.0 Å². The zero-order valence-electron chi connectivity index (χ0n) is 13.2. The highest BCUT2D eigenvalue weighted by molar-refractivity contribution is 5.80. The molecule has 2 heterocycles. The summed E-state index contributed by atoms with van der Waals surface area (Å²) >= 11 is 0. The lowest BCUT2D eigenvalue weighted by Crippen LogP contribution is -2.41. The first-order valence-electron chi connectivity index (χ1n) is 7.36. The summed E-state index contributed by atoms with van der Waals surface area (Å²) in [5.41, 5.74) is 1.10. The Bertz CT molecular complexity index is 475. The van der Waals surface area contributed by atoms with Crippen molar-refractivity contribution in [1.82, 2.24) is 20.1 Å². The lowest BCUT2D eigenvalue weighted by atomic mass is 10.2. The smallest absolute Gasteiger partial charge is 0.193 e. The van der Waals surface area contributed by atoms with E-state index in [1.165, 1.54) is 0 Å². The summed E-state index contributed by atoms with van der Waals surface area (Å²) in [4.78, 5) is 12.9. The topological polar surface area (TPSA) is 53.0 Å². The second-order valence-corrected chi connectivity index (χ2v) is 5.47. The first kappa shape index (κ1) is 15.6. The van der Waals surface area contributed by atoms with Gasteiger partial charge in [-0.15, -0.1) is 0 Å². The van der Waals surface area contributed by atoms with Gasteiger partial charge in [-0.2, -0.15) is 0 Å². The van der Waals surface area contributed by atoms with Gasteiger partial charge in [0.25, 0.3) is 0 Å². The van der Waals surface area contributed by atoms with Crippen LogP contribution >= 0.6 is 0 Å². The van der Waals surface area contributed by atoms with E-state index in [9.17, 15) is 0 Å². The highest BCUT2D eigenvalue weighted by Crippen LogP contribution is 2.16. The second kappa shape index (κ2) is 7.83. The number of rotatable bonds is 6. The zero-order chi connectivity index (χ0) is 15.1. The number of nitrogens with zero attached hydrogens (tertiary/aromatic N) is 4. The Morgan fingerprint density at radius 3 is 3.05 bits per heavy atom. The largest absolute Gasteiger partial charge is 0.490 e. The maximum Gasteiger partial charge on any atom is 0.193 e. The maximum absolute atomic E-state index is 5.82. The molecule has 0 atom stereocenters. The zero-order valence-corrected chi connectivity index (χ0v) is 13.2. The Hall–Kier alpha value is -1.82. The summed E-state index contributed by atoms with van der Waals surface area (Å²) in [5.74, 6) is 1.79. The average Bonchev–Trinajstić information content (AvgIpc) is 2.47. The summed E-state index contributed by atoms with van der Waals surface area (Å²) in [5, 5.41) is 3.38. The number of aliphatic imine (C=N–C) groups is 1. The minimum absolute atomic E-state index is 0.659. The average molecular weight is 291 g/mol. The van der Waals surface area contributed by atoms with Gasteiger partial charge in [0, 0.05) is 45.0 Å². The summed E-state index contributed by atoms with van der Waals surface area (Å²) < 4.78 is 5.82. The number of likely N-dealkylation sites (N-methyl/N-ethyl adjacent to an activating group) is 1. The van der Waals surface area contributed by atoms with Crippen LogP contribution in [0.2, 0.25) is 0 Å². The fraction of sp³-hybridized carbons (Fsp3) is 0.600. The molecule has 6 nitrogen and oxygen atoms in total. The Balaban J connectivity index is 1.91. The molecule has 21 heavy (non-hydrogen) atoms. The molecule has 0 unspecified atom stereocenters. The van der Waals surface area contributed by atoms with Crippen LogP contribution in [0.3, 0.4) is 0 Å². The quantitative estimate of drug-likeness (QED) is 0.840. The molecule has 0 aliphatic carbocycles. The van der Waals surface area contributed by atoms with Crippen molar-refractivity contribution in [2.75, 3.05) is 47.4 Å². The molecule has 0 spiro atoms. The van der Waals surface area contributed by atoms with E-state index in [0.717, 1.165) is 43.3 Å². The van der Waals surface area contributed by atoms with Gasteiger partial charge in [0.1, 0.15) is 12.4 Å². The van der Waals surface area contributed by atoms with E-state index in [0.29, 0.717) is 13.2 Å². The van der Waals surface area contributed by atoms with Gasteiger partial charge in [0.05, 0.1) is 6.20 Å². The maximum atomic E-state index is 5.82. The summed E-state index contributed by atoms with van der Waals surface area (Å²) in [6, 6.07) is 1.99. The number of nitrogens with one attached hydrogen (secondary N) is 1. The Morgan fingerprint density at radius 1 is 1.43 bits per heavy atom. The van der Waals surface area contributed by atoms with Crippen LogP contribution in [0.5, 0.6) is 5.75 Å². The first-order chi connectivity index (χ1) is 10.2. The normalized spacial score (nSPS) is 15.0. The van der Waals surface area contributed by atoms with E-state index in [1.807, 2.05) is 20.2 Å². The van der Waals surface area contributed by atoms with E-state index in [4.69, 9.17) is 4.74 Å². The fourth-order valence-electron chi connectivity index (χ4n) is 2.11. The fourth-order valence-corrected chi connectivity index (χ4v) is 2.11. The second-order valence-electron chi connectivity index (χ2n) is 5.47. The molecule has 0 amide bonds. The van der Waals surface area contributed by atoms with Gasteiger partial charge in [0.15, 0.2) is 5.96 Å². The van der Waals surface area contributed by atoms with E-state index in [-0.39, 0.29) is 0 Å². The number of guanidine groups is 1. The van der Waals surface area contributed by atoms with Crippen molar-refractivity contribution in [2.45, 2.75) is 13.0 Å². The van der Waals surface area contributed by atoms with Gasteiger partial charge in [0.2, 0.25) is 0 Å². The molecule has 0 saturated heterocycles. The Labute approximate surface area is 126 Å². The Kier molecular flexibility index (Phi) is 5.80. The van der Waals surface area contributed by atoms with Crippen molar-refractivity contribution in [3.63, 3.8) is 0 Å². The van der Waals surface area contributed by atoms with Crippen LogP contribution in [0.4, 0.5) is 0 Å². The predicted molar refractivity (Wildman–Crippen MR) is 84.7 cm³/mol. The van der Waals surface area contributed by atoms with E-state index < -0.39 is 0 Å². The lowest BCUT2D eigenvalue weighted by Gasteiger charge is -2.26. The van der Waals surface area contributed by atoms with E-state index in [2.05, 4.69) is 32.1 Å². The number of ether oxygens (including phenoxy) is 1. The third-order valence-electron chi connectivity index (χ3n) is 3.38. The molecular weight excluding hydrogens is 266 g/mol. The highest BCUT2D eigenvalue weighted by Gasteiger charge is 2.11. The SMILES string of the molecule is CN(C)CCOc1cnccc1CNC1=NCCCN1C. The van der Waals surface area contributed by atoms with Crippen LogP contribution in [-0.4, -0.2) is 68.1 Å². The van der Waals surface area contributed by atoms with Crippen LogP contribution in [0.15, 0.2) is 23.5 Å². The Morgan fingerprint density at radius 2 is 2.29 bits per heavy atom. The number of hydrogen-bond acceptors (Lipinski definition) is 6. The van der Waals surface area contributed by atoms with Crippen LogP contribution in [-0.2, 0) is 6.54 Å². The third kappa shape index (κ3) is 4.90. The molecule has 1 N–H and O–H groups in total. The number of hydrogen-bond donors (Lipinski definition) is 1. The molecule has 0 fully saturated rings. The molecule has 0 radical (unpaired) electrons. The minimum atomic E-state index is 0.659. The van der Waals surface area contributed by atoms with Gasteiger partial charge < -0.3 is 19.9 Å². The standard InChI is InChI=1S/C15H25N5O/c1-19(2)9-10-21-14-12-16-7-5-13(14)11-18-15-17-6-4-8-20(15)3/h5,7,12H,4,6,8-11H2,1-3H3,(H,17,18). The van der Waals surface area contributed by atoms with Gasteiger partial charge in [-0.25, -0.2) is 0 Å². The van der Waals surface area contributed by atoms with Crippen molar-refractivity contribution in [3.8, 4) is 5.75 Å². The molecule has 1 aliphatic heterocycles. The first-order valence-corrected chi connectivity index (χ1v) is 7.36. The summed E-state index contributed by atoms with van der Waals surface area (Å²) in [6.45, 7) is 4.19. The van der Waals surface area contributed by atoms with Crippen molar-refractivity contribution in [2.24, 2.45) is 4.99 Å². The molecule has 6 heteroatoms. The van der Waals surface area contributed by atoms with Gasteiger partial charge in [-0.1, -0.05) is 0 Å². The summed E-state index contributed by atoms with van der Waals surface area (Å²) in [7, 11) is 6.13. The van der Waals surface area contributed by atoms with Crippen molar-refractivity contribution in [1.29, 1.82) is 0 Å². The summed E-state index contributed by atoms with van der Waals surface area (Å²) in [6.07, 6.45) is 4.69. The van der Waals surface area contributed by atoms with Crippen molar-refractivity contribution >= 4 is 5.96 Å². The third-order valence-corrected chi connectivity index (χ3v) is 3.38. The van der Waals surface area contributed by atoms with Crippen LogP contribution in [0, 0.1) is 0 Å². The van der Waals surface area contributed by atoms with E-state index >= 15 is 0 Å². The van der Waals surface area contributed by atoms with Gasteiger partial charge >= 0.3 is 0 Å². The van der Waals surface area contributed by atoms with Crippen molar-refractivity contribution < 1.29 is 4.74 Å². The molecule has 116 valence electrons. The monoisotopic (exact) mass is 291 g/mol. The van der Waals surface area contributed by atoms with Crippen LogP contribution in [0.25, 0.3) is 0 Å². The van der Waals surface area contributed by atoms with Crippen LogP contribution < -0.4 is 10.1 Å². The van der Waals surface area contributed by atoms with Gasteiger partial charge in [-0.3, -0.25) is 9.98 Å². The molecule has 1 aromatic rings. The van der Waals surface area contributed by atoms with E-state index in [1.54, 1.807) is 12.4 Å². The molecule has 1 aromatic heterocycles. The molecule has 0 saturated carbocycles. The highest BCUT2D eigenvalue weighted by atomic mass is 16.5. The number of aromatic nitrogens is 1. The molecule has 1 aliphatic rings. The lowest BCUT2D eigenvalue weighted by molar-refractivity contribution is 0.258. The molecule has 0 aromatic carbocycles. The number of pyridine rings is 1. The molecule has 0 bridgehead atoms. The predicted octanol–water partition coefficient (Wildman–Crippen LogP) is 0.803.